The van der Waals surface area contributed by atoms with E-state index in [4.69, 9.17) is 9.47 Å². The van der Waals surface area contributed by atoms with Crippen molar-refractivity contribution in [3.8, 4) is 17.2 Å². The van der Waals surface area contributed by atoms with E-state index in [1.54, 1.807) is 16.9 Å². The number of para-hydroxylation sites is 1. The van der Waals surface area contributed by atoms with Crippen molar-refractivity contribution in [1.82, 2.24) is 9.78 Å². The van der Waals surface area contributed by atoms with Gasteiger partial charge >= 0.3 is 0 Å². The van der Waals surface area contributed by atoms with E-state index in [1.807, 2.05) is 48.7 Å². The molecule has 0 unspecified atom stereocenters. The molecule has 0 spiro atoms. The molecule has 6 nitrogen and oxygen atoms in total. The van der Waals surface area contributed by atoms with E-state index >= 15 is 0 Å². The van der Waals surface area contributed by atoms with Crippen LogP contribution in [0.25, 0.3) is 5.69 Å². The molecule has 0 saturated heterocycles. The van der Waals surface area contributed by atoms with Gasteiger partial charge in [-0.25, -0.2) is 4.68 Å². The third-order valence-corrected chi connectivity index (χ3v) is 3.71. The molecule has 6 heteroatoms. The maximum absolute atomic E-state index is 11.5. The van der Waals surface area contributed by atoms with Crippen LogP contribution in [0.1, 0.15) is 5.56 Å². The van der Waals surface area contributed by atoms with Gasteiger partial charge in [-0.1, -0.05) is 18.2 Å². The minimum absolute atomic E-state index is 0.0331. The number of carbonyl (C=O) groups excluding carboxylic acids is 1. The molecule has 0 fully saturated rings. The standard InChI is InChI=1S/C18H15N3O3/c22-17-12-24-16-4-1-3-15(18(16)20-17)23-11-13-5-7-14(8-6-13)21-10-2-9-19-21/h1-10H,11-12H2,(H,20,22). The molecular formula is C18H15N3O3. The summed E-state index contributed by atoms with van der Waals surface area (Å²) in [6.07, 6.45) is 3.64. The third-order valence-electron chi connectivity index (χ3n) is 3.71. The number of carbonyl (C=O) groups is 1. The SMILES string of the molecule is O=C1COc2cccc(OCc3ccc(-n4cccn4)cc3)c2N1. The first kappa shape index (κ1) is 14.3. The van der Waals surface area contributed by atoms with Gasteiger partial charge in [-0.2, -0.15) is 5.10 Å². The second kappa shape index (κ2) is 6.08. The van der Waals surface area contributed by atoms with Crippen molar-refractivity contribution in [3.05, 3.63) is 66.5 Å². The Morgan fingerprint density at radius 2 is 2.04 bits per heavy atom. The summed E-state index contributed by atoms with van der Waals surface area (Å²) in [5, 5.41) is 6.99. The average molecular weight is 321 g/mol. The fourth-order valence-corrected chi connectivity index (χ4v) is 2.52. The monoisotopic (exact) mass is 321 g/mol. The number of anilines is 1. The number of ether oxygens (including phenoxy) is 2. The Morgan fingerprint density at radius 3 is 2.83 bits per heavy atom. The number of nitrogens with zero attached hydrogens (tertiary/aromatic N) is 2. The zero-order chi connectivity index (χ0) is 16.4. The van der Waals surface area contributed by atoms with Crippen LogP contribution in [0.5, 0.6) is 11.5 Å². The third kappa shape index (κ3) is 2.81. The number of fused-ring (bicyclic) bond motifs is 1. The molecule has 4 rings (SSSR count). The Bertz CT molecular complexity index is 858. The minimum atomic E-state index is -0.179. The number of hydrogen-bond donors (Lipinski definition) is 1. The number of benzene rings is 2. The molecule has 0 bridgehead atoms. The van der Waals surface area contributed by atoms with Gasteiger partial charge in [0.25, 0.3) is 5.91 Å². The number of hydrogen-bond acceptors (Lipinski definition) is 4. The second-order valence-electron chi connectivity index (χ2n) is 5.37. The van der Waals surface area contributed by atoms with Crippen LogP contribution in [-0.4, -0.2) is 22.3 Å². The fraction of sp³-hybridized carbons (Fsp3) is 0.111. The number of aromatic nitrogens is 2. The smallest absolute Gasteiger partial charge is 0.262 e. The van der Waals surface area contributed by atoms with Gasteiger partial charge in [-0.05, 0) is 35.9 Å². The molecule has 0 radical (unpaired) electrons. The summed E-state index contributed by atoms with van der Waals surface area (Å²) in [6.45, 7) is 0.428. The topological polar surface area (TPSA) is 65.4 Å². The Labute approximate surface area is 138 Å². The maximum Gasteiger partial charge on any atom is 0.262 e. The Balaban J connectivity index is 1.48. The lowest BCUT2D eigenvalue weighted by atomic mass is 10.2. The first-order valence-corrected chi connectivity index (χ1v) is 7.57. The lowest BCUT2D eigenvalue weighted by Crippen LogP contribution is -2.25. The molecule has 0 atom stereocenters. The molecule has 120 valence electrons. The Kier molecular flexibility index (Phi) is 3.63. The van der Waals surface area contributed by atoms with E-state index in [-0.39, 0.29) is 12.5 Å². The van der Waals surface area contributed by atoms with Gasteiger partial charge in [-0.15, -0.1) is 0 Å². The summed E-state index contributed by atoms with van der Waals surface area (Å²) in [6, 6.07) is 15.3. The average Bonchev–Trinajstić information content (AvgIpc) is 3.15. The summed E-state index contributed by atoms with van der Waals surface area (Å²) >= 11 is 0. The summed E-state index contributed by atoms with van der Waals surface area (Å²) in [7, 11) is 0. The van der Waals surface area contributed by atoms with Crippen LogP contribution in [0, 0.1) is 0 Å². The van der Waals surface area contributed by atoms with E-state index in [2.05, 4.69) is 10.4 Å². The highest BCUT2D eigenvalue weighted by molar-refractivity contribution is 5.97. The van der Waals surface area contributed by atoms with Crippen LogP contribution in [0.3, 0.4) is 0 Å². The Morgan fingerprint density at radius 1 is 1.17 bits per heavy atom. The van der Waals surface area contributed by atoms with E-state index < -0.39 is 0 Å². The molecule has 24 heavy (non-hydrogen) atoms. The maximum atomic E-state index is 11.5. The van der Waals surface area contributed by atoms with Gasteiger partial charge in [0.15, 0.2) is 6.61 Å². The van der Waals surface area contributed by atoms with E-state index in [0.29, 0.717) is 23.8 Å². The fourth-order valence-electron chi connectivity index (χ4n) is 2.52. The van der Waals surface area contributed by atoms with Crippen LogP contribution in [0.15, 0.2) is 60.9 Å². The highest BCUT2D eigenvalue weighted by Crippen LogP contribution is 2.36. The molecule has 1 aliphatic rings. The van der Waals surface area contributed by atoms with Crippen molar-refractivity contribution in [3.63, 3.8) is 0 Å². The van der Waals surface area contributed by atoms with Crippen LogP contribution in [0.4, 0.5) is 5.69 Å². The van der Waals surface area contributed by atoms with Crippen molar-refractivity contribution in [2.45, 2.75) is 6.61 Å². The number of rotatable bonds is 4. The van der Waals surface area contributed by atoms with Gasteiger partial charge in [0.05, 0.1) is 5.69 Å². The van der Waals surface area contributed by atoms with Crippen LogP contribution in [0.2, 0.25) is 0 Å². The molecule has 3 aromatic rings. The van der Waals surface area contributed by atoms with Gasteiger partial charge in [0, 0.05) is 12.4 Å². The second-order valence-corrected chi connectivity index (χ2v) is 5.37. The summed E-state index contributed by atoms with van der Waals surface area (Å²) in [5.74, 6) is 1.04. The van der Waals surface area contributed by atoms with Crippen LogP contribution in [-0.2, 0) is 11.4 Å². The van der Waals surface area contributed by atoms with Crippen molar-refractivity contribution in [1.29, 1.82) is 0 Å². The predicted octanol–water partition coefficient (Wildman–Crippen LogP) is 2.78. The lowest BCUT2D eigenvalue weighted by molar-refractivity contribution is -0.118. The first-order chi connectivity index (χ1) is 11.8. The van der Waals surface area contributed by atoms with Crippen LogP contribution < -0.4 is 14.8 Å². The molecule has 1 aromatic heterocycles. The molecule has 2 heterocycles. The largest absolute Gasteiger partial charge is 0.487 e. The van der Waals surface area contributed by atoms with Crippen molar-refractivity contribution in [2.24, 2.45) is 0 Å². The van der Waals surface area contributed by atoms with E-state index in [0.717, 1.165) is 11.3 Å². The van der Waals surface area contributed by atoms with Crippen molar-refractivity contribution in [2.75, 3.05) is 11.9 Å². The molecule has 0 aliphatic carbocycles. The quantitative estimate of drug-likeness (QED) is 0.802. The summed E-state index contributed by atoms with van der Waals surface area (Å²) < 4.78 is 13.0. The Hall–Kier alpha value is -3.28. The summed E-state index contributed by atoms with van der Waals surface area (Å²) in [4.78, 5) is 11.5. The van der Waals surface area contributed by atoms with Crippen molar-refractivity contribution < 1.29 is 14.3 Å². The van der Waals surface area contributed by atoms with Gasteiger partial charge in [-0.3, -0.25) is 4.79 Å². The molecule has 0 saturated carbocycles. The van der Waals surface area contributed by atoms with E-state index in [1.165, 1.54) is 0 Å². The highest BCUT2D eigenvalue weighted by Gasteiger charge is 2.19. The molecule has 1 N–H and O–H groups in total. The summed E-state index contributed by atoms with van der Waals surface area (Å²) in [5.41, 5.74) is 2.59. The van der Waals surface area contributed by atoms with E-state index in [9.17, 15) is 4.79 Å². The molecular weight excluding hydrogens is 306 g/mol. The molecule has 1 amide bonds. The first-order valence-electron chi connectivity index (χ1n) is 7.57. The highest BCUT2D eigenvalue weighted by atomic mass is 16.5. The zero-order valence-corrected chi connectivity index (χ0v) is 12.8. The molecule has 2 aromatic carbocycles. The number of nitrogens with one attached hydrogen (secondary N) is 1. The zero-order valence-electron chi connectivity index (χ0n) is 12.8. The lowest BCUT2D eigenvalue weighted by Gasteiger charge is -2.20. The predicted molar refractivity (Wildman–Crippen MR) is 88.5 cm³/mol. The minimum Gasteiger partial charge on any atom is -0.487 e. The normalized spacial score (nSPS) is 12.9. The van der Waals surface area contributed by atoms with Crippen LogP contribution >= 0.6 is 0 Å². The number of amides is 1. The molecule has 1 aliphatic heterocycles. The van der Waals surface area contributed by atoms with Gasteiger partial charge in [0.1, 0.15) is 23.8 Å². The van der Waals surface area contributed by atoms with Gasteiger partial charge in [0.2, 0.25) is 0 Å². The van der Waals surface area contributed by atoms with Gasteiger partial charge < -0.3 is 14.8 Å². The van der Waals surface area contributed by atoms with Crippen molar-refractivity contribution >= 4 is 11.6 Å².